The van der Waals surface area contributed by atoms with Crippen LogP contribution in [0.2, 0.25) is 0 Å². The van der Waals surface area contributed by atoms with Crippen molar-refractivity contribution in [1.29, 1.82) is 0 Å². The second kappa shape index (κ2) is 2.96. The third kappa shape index (κ3) is 1.55. The number of rotatable bonds is 1. The normalized spacial score (nSPS) is 10.5. The maximum atomic E-state index is 12.3. The van der Waals surface area contributed by atoms with E-state index in [9.17, 15) is 4.39 Å². The lowest BCUT2D eigenvalue weighted by molar-refractivity contribution is 0.322. The highest BCUT2D eigenvalue weighted by molar-refractivity contribution is 5.78. The molecule has 0 unspecified atom stereocenters. The molecule has 0 saturated carbocycles. The van der Waals surface area contributed by atoms with Gasteiger partial charge in [-0.15, -0.1) is 0 Å². The van der Waals surface area contributed by atoms with E-state index in [0.29, 0.717) is 5.56 Å². The molecular formula is C7H5FNO. The van der Waals surface area contributed by atoms with Gasteiger partial charge < -0.3 is 5.21 Å². The molecular weight excluding hydrogens is 133 g/mol. The van der Waals surface area contributed by atoms with Crippen LogP contribution in [0.3, 0.4) is 0 Å². The number of nitrogens with zero attached hydrogens (tertiary/aromatic N) is 1. The molecule has 0 fully saturated rings. The molecule has 0 spiro atoms. The standard InChI is InChI=1S/C7H5FNO/c8-7-3-1-2-6(4-7)5-9-10/h1-2,4-5,10H/b9-5-. The van der Waals surface area contributed by atoms with Crippen molar-refractivity contribution in [2.24, 2.45) is 5.16 Å². The molecule has 0 aliphatic heterocycles. The molecule has 1 N–H and O–H groups in total. The summed E-state index contributed by atoms with van der Waals surface area (Å²) in [5, 5.41) is 10.8. The minimum absolute atomic E-state index is 0.461. The Labute approximate surface area is 57.6 Å². The van der Waals surface area contributed by atoms with Crippen molar-refractivity contribution in [2.45, 2.75) is 0 Å². The van der Waals surface area contributed by atoms with Crippen molar-refractivity contribution < 1.29 is 9.60 Å². The molecule has 1 rings (SSSR count). The third-order valence-electron chi connectivity index (χ3n) is 0.997. The maximum absolute atomic E-state index is 12.3. The van der Waals surface area contributed by atoms with E-state index in [1.54, 1.807) is 6.07 Å². The van der Waals surface area contributed by atoms with Gasteiger partial charge in [0.2, 0.25) is 0 Å². The second-order valence-corrected chi connectivity index (χ2v) is 1.71. The Balaban J connectivity index is 2.95. The number of hydrogen-bond acceptors (Lipinski definition) is 2. The van der Waals surface area contributed by atoms with Gasteiger partial charge in [0.1, 0.15) is 5.82 Å². The largest absolute Gasteiger partial charge is 0.411 e. The number of halogens is 1. The fourth-order valence-electron chi connectivity index (χ4n) is 0.601. The van der Waals surface area contributed by atoms with E-state index in [1.165, 1.54) is 12.1 Å². The summed E-state index contributed by atoms with van der Waals surface area (Å²) in [6.07, 6.45) is 1.15. The number of oxime groups is 1. The van der Waals surface area contributed by atoms with Crippen molar-refractivity contribution >= 4 is 6.21 Å². The first-order valence-electron chi connectivity index (χ1n) is 2.67. The van der Waals surface area contributed by atoms with Crippen LogP contribution < -0.4 is 0 Å². The summed E-state index contributed by atoms with van der Waals surface area (Å²) in [6.45, 7) is 0. The van der Waals surface area contributed by atoms with Gasteiger partial charge in [0, 0.05) is 6.07 Å². The molecule has 0 aliphatic carbocycles. The van der Waals surface area contributed by atoms with Crippen LogP contribution in [0.15, 0.2) is 23.4 Å². The van der Waals surface area contributed by atoms with E-state index in [0.717, 1.165) is 6.21 Å². The van der Waals surface area contributed by atoms with Crippen LogP contribution in [0.5, 0.6) is 0 Å². The Morgan fingerprint density at radius 3 is 3.10 bits per heavy atom. The first kappa shape index (κ1) is 6.74. The topological polar surface area (TPSA) is 32.6 Å². The minimum Gasteiger partial charge on any atom is -0.411 e. The van der Waals surface area contributed by atoms with Crippen LogP contribution in [0.4, 0.5) is 4.39 Å². The smallest absolute Gasteiger partial charge is 0.131 e. The Hall–Kier alpha value is -1.38. The van der Waals surface area contributed by atoms with Gasteiger partial charge in [0.05, 0.1) is 6.21 Å². The highest BCUT2D eigenvalue weighted by Gasteiger charge is 1.89. The van der Waals surface area contributed by atoms with Crippen molar-refractivity contribution in [3.8, 4) is 0 Å². The summed E-state index contributed by atoms with van der Waals surface area (Å²) in [5.41, 5.74) is 0.513. The van der Waals surface area contributed by atoms with Gasteiger partial charge in [-0.1, -0.05) is 17.3 Å². The zero-order chi connectivity index (χ0) is 7.40. The predicted octanol–water partition coefficient (Wildman–Crippen LogP) is 1.43. The molecule has 1 radical (unpaired) electrons. The summed E-state index contributed by atoms with van der Waals surface area (Å²) in [5.74, 6) is -0.461. The number of benzene rings is 1. The van der Waals surface area contributed by atoms with Crippen LogP contribution in [0.1, 0.15) is 5.56 Å². The lowest BCUT2D eigenvalue weighted by Crippen LogP contribution is -1.81. The zero-order valence-corrected chi connectivity index (χ0v) is 5.08. The predicted molar refractivity (Wildman–Crippen MR) is 34.6 cm³/mol. The first-order chi connectivity index (χ1) is 4.83. The fourth-order valence-corrected chi connectivity index (χ4v) is 0.601. The van der Waals surface area contributed by atoms with E-state index in [4.69, 9.17) is 5.21 Å². The van der Waals surface area contributed by atoms with Crippen molar-refractivity contribution in [1.82, 2.24) is 0 Å². The van der Waals surface area contributed by atoms with Gasteiger partial charge >= 0.3 is 0 Å². The summed E-state index contributed by atoms with van der Waals surface area (Å²) in [7, 11) is 0. The molecule has 1 aromatic carbocycles. The van der Waals surface area contributed by atoms with Gasteiger partial charge in [-0.05, 0) is 11.6 Å². The fraction of sp³-hybridized carbons (Fsp3) is 0. The molecule has 2 nitrogen and oxygen atoms in total. The Morgan fingerprint density at radius 2 is 2.50 bits per heavy atom. The molecule has 0 saturated heterocycles. The lowest BCUT2D eigenvalue weighted by atomic mass is 10.2. The van der Waals surface area contributed by atoms with Gasteiger partial charge in [-0.25, -0.2) is 4.39 Å². The summed E-state index contributed by atoms with van der Waals surface area (Å²) < 4.78 is 12.3. The highest BCUT2D eigenvalue weighted by atomic mass is 19.1. The van der Waals surface area contributed by atoms with Crippen molar-refractivity contribution in [3.05, 3.63) is 35.6 Å². The molecule has 0 amide bonds. The van der Waals surface area contributed by atoms with E-state index < -0.39 is 5.82 Å². The molecule has 0 atom stereocenters. The van der Waals surface area contributed by atoms with Crippen LogP contribution in [0.25, 0.3) is 0 Å². The molecule has 51 valence electrons. The van der Waals surface area contributed by atoms with Crippen LogP contribution in [-0.2, 0) is 0 Å². The summed E-state index contributed by atoms with van der Waals surface area (Å²) in [6, 6.07) is 6.55. The monoisotopic (exact) mass is 138 g/mol. The summed E-state index contributed by atoms with van der Waals surface area (Å²) in [4.78, 5) is 0. The molecule has 3 heteroatoms. The van der Waals surface area contributed by atoms with Crippen molar-refractivity contribution in [3.63, 3.8) is 0 Å². The molecule has 0 aliphatic rings. The average Bonchev–Trinajstić information content (AvgIpc) is 1.88. The van der Waals surface area contributed by atoms with Crippen LogP contribution >= 0.6 is 0 Å². The maximum Gasteiger partial charge on any atom is 0.131 e. The van der Waals surface area contributed by atoms with E-state index in [2.05, 4.69) is 11.2 Å². The van der Waals surface area contributed by atoms with Gasteiger partial charge in [0.25, 0.3) is 0 Å². The highest BCUT2D eigenvalue weighted by Crippen LogP contribution is 1.98. The molecule has 10 heavy (non-hydrogen) atoms. The third-order valence-corrected chi connectivity index (χ3v) is 0.997. The Bertz CT molecular complexity index is 247. The van der Waals surface area contributed by atoms with E-state index in [1.807, 2.05) is 0 Å². The zero-order valence-electron chi connectivity index (χ0n) is 5.08. The van der Waals surface area contributed by atoms with E-state index in [-0.39, 0.29) is 0 Å². The van der Waals surface area contributed by atoms with Gasteiger partial charge in [-0.3, -0.25) is 0 Å². The minimum atomic E-state index is -0.461. The Morgan fingerprint density at radius 1 is 1.70 bits per heavy atom. The lowest BCUT2D eigenvalue weighted by Gasteiger charge is -1.88. The Kier molecular flexibility index (Phi) is 1.99. The van der Waals surface area contributed by atoms with Gasteiger partial charge in [-0.2, -0.15) is 0 Å². The average molecular weight is 138 g/mol. The molecule has 0 aromatic heterocycles. The quantitative estimate of drug-likeness (QED) is 0.355. The molecule has 0 heterocycles. The van der Waals surface area contributed by atoms with E-state index >= 15 is 0 Å². The van der Waals surface area contributed by atoms with Crippen LogP contribution in [0, 0.1) is 11.9 Å². The first-order valence-corrected chi connectivity index (χ1v) is 2.67. The summed E-state index contributed by atoms with van der Waals surface area (Å²) >= 11 is 0. The van der Waals surface area contributed by atoms with Gasteiger partial charge in [0.15, 0.2) is 0 Å². The van der Waals surface area contributed by atoms with Crippen LogP contribution in [-0.4, -0.2) is 11.4 Å². The second-order valence-electron chi connectivity index (χ2n) is 1.71. The SMILES string of the molecule is O/N=C\c1cc[c]c(F)c1. The molecule has 1 aromatic rings. The number of hydrogen-bond donors (Lipinski definition) is 1. The van der Waals surface area contributed by atoms with Crippen molar-refractivity contribution in [2.75, 3.05) is 0 Å². The molecule has 0 bridgehead atoms.